The lowest BCUT2D eigenvalue weighted by Crippen LogP contribution is -2.53. The number of nitrogens with one attached hydrogen (secondary N) is 1. The molecule has 2 rings (SSSR count). The Morgan fingerprint density at radius 1 is 1.23 bits per heavy atom. The zero-order chi connectivity index (χ0) is 9.31. The van der Waals surface area contributed by atoms with E-state index in [0.29, 0.717) is 12.0 Å². The first-order valence-corrected chi connectivity index (χ1v) is 5.66. The first kappa shape index (κ1) is 9.47. The van der Waals surface area contributed by atoms with Crippen molar-refractivity contribution in [3.8, 4) is 0 Å². The molecule has 0 aromatic rings. The Labute approximate surface area is 80.7 Å². The molecule has 2 aliphatic rings. The van der Waals surface area contributed by atoms with Gasteiger partial charge in [0.05, 0.1) is 5.60 Å². The molecule has 0 aromatic heterocycles. The minimum Gasteiger partial charge on any atom is -0.388 e. The Morgan fingerprint density at radius 3 is 2.46 bits per heavy atom. The van der Waals surface area contributed by atoms with Crippen LogP contribution in [0, 0.1) is 5.92 Å². The highest BCUT2D eigenvalue weighted by molar-refractivity contribution is 4.95. The largest absolute Gasteiger partial charge is 0.388 e. The van der Waals surface area contributed by atoms with Gasteiger partial charge in [-0.15, -0.1) is 0 Å². The third-order valence-corrected chi connectivity index (χ3v) is 3.88. The Balaban J connectivity index is 1.95. The number of piperidine rings is 1. The molecule has 1 heterocycles. The van der Waals surface area contributed by atoms with E-state index in [2.05, 4.69) is 12.2 Å². The van der Waals surface area contributed by atoms with Gasteiger partial charge in [-0.05, 0) is 38.5 Å². The zero-order valence-corrected chi connectivity index (χ0v) is 8.55. The van der Waals surface area contributed by atoms with Crippen LogP contribution in [0.5, 0.6) is 0 Å². The number of rotatable bonds is 1. The predicted octanol–water partition coefficient (Wildman–Crippen LogP) is 1.68. The summed E-state index contributed by atoms with van der Waals surface area (Å²) in [6.45, 7) is 3.02. The molecule has 1 saturated carbocycles. The van der Waals surface area contributed by atoms with Gasteiger partial charge in [0.15, 0.2) is 0 Å². The van der Waals surface area contributed by atoms with Crippen molar-refractivity contribution in [2.75, 3.05) is 6.54 Å². The average molecular weight is 183 g/mol. The van der Waals surface area contributed by atoms with E-state index in [1.165, 1.54) is 25.7 Å². The third kappa shape index (κ3) is 1.89. The minimum atomic E-state index is -0.372. The van der Waals surface area contributed by atoms with Crippen molar-refractivity contribution < 1.29 is 5.11 Å². The molecular formula is C11H21NO. The maximum absolute atomic E-state index is 10.4. The van der Waals surface area contributed by atoms with Crippen LogP contribution in [0.4, 0.5) is 0 Å². The molecule has 0 amide bonds. The van der Waals surface area contributed by atoms with Gasteiger partial charge in [0.1, 0.15) is 0 Å². The Hall–Kier alpha value is -0.0800. The van der Waals surface area contributed by atoms with Gasteiger partial charge in [-0.25, -0.2) is 0 Å². The first-order valence-electron chi connectivity index (χ1n) is 5.66. The van der Waals surface area contributed by atoms with Crippen molar-refractivity contribution in [3.05, 3.63) is 0 Å². The smallest absolute Gasteiger partial charge is 0.0800 e. The summed E-state index contributed by atoms with van der Waals surface area (Å²) in [6, 6.07) is 0.599. The summed E-state index contributed by atoms with van der Waals surface area (Å²) in [6.07, 6.45) is 7.27. The fourth-order valence-electron chi connectivity index (χ4n) is 2.82. The van der Waals surface area contributed by atoms with E-state index in [0.717, 1.165) is 19.4 Å². The molecule has 0 aromatic carbocycles. The second-order valence-electron chi connectivity index (χ2n) is 4.91. The molecule has 2 nitrogen and oxygen atoms in total. The summed E-state index contributed by atoms with van der Waals surface area (Å²) < 4.78 is 0. The molecular weight excluding hydrogens is 162 g/mol. The number of hydrogen-bond acceptors (Lipinski definition) is 2. The molecule has 76 valence electrons. The van der Waals surface area contributed by atoms with Crippen LogP contribution in [-0.2, 0) is 0 Å². The molecule has 13 heavy (non-hydrogen) atoms. The van der Waals surface area contributed by atoms with Crippen LogP contribution < -0.4 is 5.32 Å². The summed E-state index contributed by atoms with van der Waals surface area (Å²) in [4.78, 5) is 0. The molecule has 2 N–H and O–H groups in total. The van der Waals surface area contributed by atoms with Gasteiger partial charge in [0.25, 0.3) is 0 Å². The number of β-amino-alcohol motifs (C(OH)–C–C–N with tert-alkyl or cyclic N) is 1. The van der Waals surface area contributed by atoms with Crippen molar-refractivity contribution in [2.45, 2.75) is 57.1 Å². The minimum absolute atomic E-state index is 0.372. The Kier molecular flexibility index (Phi) is 2.61. The molecule has 0 bridgehead atoms. The van der Waals surface area contributed by atoms with Crippen molar-refractivity contribution in [1.29, 1.82) is 0 Å². The summed E-state index contributed by atoms with van der Waals surface area (Å²) in [5.41, 5.74) is -0.372. The van der Waals surface area contributed by atoms with Crippen molar-refractivity contribution in [2.24, 2.45) is 5.92 Å². The van der Waals surface area contributed by atoms with Crippen LogP contribution in [0.2, 0.25) is 0 Å². The van der Waals surface area contributed by atoms with Crippen LogP contribution in [0.1, 0.15) is 45.4 Å². The van der Waals surface area contributed by atoms with Crippen LogP contribution in [0.15, 0.2) is 0 Å². The monoisotopic (exact) mass is 183 g/mol. The summed E-state index contributed by atoms with van der Waals surface area (Å²) in [5, 5.41) is 13.8. The average Bonchev–Trinajstić information content (AvgIpc) is 2.63. The summed E-state index contributed by atoms with van der Waals surface area (Å²) in [7, 11) is 0. The standard InChI is InChI=1S/C11H21NO/c1-9-6-7-11(13,8-12-9)10-4-2-3-5-10/h9-10,12-13H,2-8H2,1H3. The second kappa shape index (κ2) is 3.58. The molecule has 2 atom stereocenters. The van der Waals surface area contributed by atoms with Crippen LogP contribution >= 0.6 is 0 Å². The van der Waals surface area contributed by atoms with Crippen LogP contribution in [0.3, 0.4) is 0 Å². The normalized spacial score (nSPS) is 42.5. The highest BCUT2D eigenvalue weighted by atomic mass is 16.3. The fourth-order valence-corrected chi connectivity index (χ4v) is 2.82. The molecule has 2 fully saturated rings. The fraction of sp³-hybridized carbons (Fsp3) is 1.00. The number of hydrogen-bond donors (Lipinski definition) is 2. The highest BCUT2D eigenvalue weighted by Crippen LogP contribution is 2.38. The molecule has 1 aliphatic heterocycles. The first-order chi connectivity index (χ1) is 6.21. The lowest BCUT2D eigenvalue weighted by atomic mass is 9.79. The lowest BCUT2D eigenvalue weighted by Gasteiger charge is -2.40. The van der Waals surface area contributed by atoms with Crippen molar-refractivity contribution >= 4 is 0 Å². The van der Waals surface area contributed by atoms with Gasteiger partial charge in [-0.3, -0.25) is 0 Å². The summed E-state index contributed by atoms with van der Waals surface area (Å²) >= 11 is 0. The topological polar surface area (TPSA) is 32.3 Å². The molecule has 2 unspecified atom stereocenters. The van der Waals surface area contributed by atoms with E-state index in [1.54, 1.807) is 0 Å². The lowest BCUT2D eigenvalue weighted by molar-refractivity contribution is -0.0419. The predicted molar refractivity (Wildman–Crippen MR) is 53.6 cm³/mol. The van der Waals surface area contributed by atoms with Gasteiger partial charge >= 0.3 is 0 Å². The second-order valence-corrected chi connectivity index (χ2v) is 4.91. The molecule has 0 spiro atoms. The zero-order valence-electron chi connectivity index (χ0n) is 8.55. The SMILES string of the molecule is CC1CCC(O)(C2CCCC2)CN1. The van der Waals surface area contributed by atoms with E-state index < -0.39 is 0 Å². The van der Waals surface area contributed by atoms with E-state index in [1.807, 2.05) is 0 Å². The van der Waals surface area contributed by atoms with E-state index in [4.69, 9.17) is 0 Å². The van der Waals surface area contributed by atoms with Crippen molar-refractivity contribution in [3.63, 3.8) is 0 Å². The van der Waals surface area contributed by atoms with Gasteiger partial charge in [0, 0.05) is 12.6 Å². The van der Waals surface area contributed by atoms with E-state index >= 15 is 0 Å². The maximum Gasteiger partial charge on any atom is 0.0800 e. The van der Waals surface area contributed by atoms with E-state index in [-0.39, 0.29) is 5.60 Å². The van der Waals surface area contributed by atoms with E-state index in [9.17, 15) is 5.11 Å². The Morgan fingerprint density at radius 2 is 1.92 bits per heavy atom. The number of aliphatic hydroxyl groups is 1. The van der Waals surface area contributed by atoms with Gasteiger partial charge < -0.3 is 10.4 Å². The van der Waals surface area contributed by atoms with Gasteiger partial charge in [-0.2, -0.15) is 0 Å². The quantitative estimate of drug-likeness (QED) is 0.648. The summed E-state index contributed by atoms with van der Waals surface area (Å²) in [5.74, 6) is 0.576. The van der Waals surface area contributed by atoms with Crippen LogP contribution in [0.25, 0.3) is 0 Å². The van der Waals surface area contributed by atoms with Gasteiger partial charge in [0.2, 0.25) is 0 Å². The molecule has 1 saturated heterocycles. The van der Waals surface area contributed by atoms with Crippen molar-refractivity contribution in [1.82, 2.24) is 5.32 Å². The molecule has 0 radical (unpaired) electrons. The maximum atomic E-state index is 10.4. The molecule has 2 heteroatoms. The third-order valence-electron chi connectivity index (χ3n) is 3.88. The Bertz CT molecular complexity index is 167. The highest BCUT2D eigenvalue weighted by Gasteiger charge is 2.40. The van der Waals surface area contributed by atoms with Crippen LogP contribution in [-0.4, -0.2) is 23.3 Å². The molecule has 1 aliphatic carbocycles. The van der Waals surface area contributed by atoms with Gasteiger partial charge in [-0.1, -0.05) is 12.8 Å².